The zero-order chi connectivity index (χ0) is 25.7. The highest BCUT2D eigenvalue weighted by Crippen LogP contribution is 2.50. The molecule has 1 spiro atoms. The van der Waals surface area contributed by atoms with Crippen molar-refractivity contribution in [2.75, 3.05) is 31.1 Å². The molecule has 2 saturated heterocycles. The third kappa shape index (κ3) is 4.98. The first-order chi connectivity index (χ1) is 17.0. The zero-order valence-electron chi connectivity index (χ0n) is 20.2. The fraction of sp³-hybridized carbons (Fsp3) is 0.560. The van der Waals surface area contributed by atoms with Crippen molar-refractivity contribution >= 4 is 11.9 Å². The Morgan fingerprint density at radius 1 is 1.06 bits per heavy atom. The van der Waals surface area contributed by atoms with Gasteiger partial charge in [-0.15, -0.1) is 0 Å². The van der Waals surface area contributed by atoms with E-state index in [1.807, 2.05) is 18.7 Å². The Bertz CT molecular complexity index is 1070. The second-order valence-corrected chi connectivity index (χ2v) is 10.5. The van der Waals surface area contributed by atoms with Gasteiger partial charge in [0.05, 0.1) is 24.5 Å². The highest BCUT2D eigenvalue weighted by atomic mass is 19.4. The lowest BCUT2D eigenvalue weighted by atomic mass is 9.61. The second-order valence-electron chi connectivity index (χ2n) is 10.5. The number of alkyl halides is 3. The fourth-order valence-corrected chi connectivity index (χ4v) is 5.81. The number of benzene rings is 1. The van der Waals surface area contributed by atoms with E-state index in [1.54, 1.807) is 17.0 Å². The predicted molar refractivity (Wildman–Crippen MR) is 124 cm³/mol. The summed E-state index contributed by atoms with van der Waals surface area (Å²) in [5.41, 5.74) is 0.248. The number of carbonyl (C=O) groups excluding carboxylic acids is 1. The quantitative estimate of drug-likeness (QED) is 0.574. The molecule has 2 aliphatic heterocycles. The van der Waals surface area contributed by atoms with Crippen molar-refractivity contribution in [3.8, 4) is 0 Å². The highest BCUT2D eigenvalue weighted by molar-refractivity contribution is 5.69. The smallest absolute Gasteiger partial charge is 0.434 e. The van der Waals surface area contributed by atoms with Gasteiger partial charge in [0.25, 0.3) is 0 Å². The molecule has 0 unspecified atom stereocenters. The number of rotatable bonds is 4. The van der Waals surface area contributed by atoms with Gasteiger partial charge in [-0.25, -0.2) is 19.2 Å². The van der Waals surface area contributed by atoms with Crippen molar-refractivity contribution in [1.82, 2.24) is 19.8 Å². The van der Waals surface area contributed by atoms with Gasteiger partial charge in [-0.1, -0.05) is 12.1 Å². The van der Waals surface area contributed by atoms with E-state index in [9.17, 15) is 22.4 Å². The lowest BCUT2D eigenvalue weighted by molar-refractivity contribution is -0.141. The van der Waals surface area contributed by atoms with Gasteiger partial charge in [-0.05, 0) is 44.4 Å². The van der Waals surface area contributed by atoms with Crippen LogP contribution in [0.2, 0.25) is 0 Å². The molecule has 1 aromatic carbocycles. The predicted octanol–water partition coefficient (Wildman–Crippen LogP) is 4.33. The van der Waals surface area contributed by atoms with Crippen LogP contribution >= 0.6 is 0 Å². The largest absolute Gasteiger partial charge is 0.446 e. The lowest BCUT2D eigenvalue weighted by Gasteiger charge is -2.58. The summed E-state index contributed by atoms with van der Waals surface area (Å²) in [6.07, 6.45) is -1.46. The monoisotopic (exact) mass is 507 g/mol. The Kier molecular flexibility index (Phi) is 6.30. The molecule has 3 aliphatic rings. The summed E-state index contributed by atoms with van der Waals surface area (Å²) in [5, 5.41) is 0. The zero-order valence-corrected chi connectivity index (χ0v) is 20.2. The first kappa shape index (κ1) is 24.7. The van der Waals surface area contributed by atoms with E-state index in [0.29, 0.717) is 18.9 Å². The number of amides is 1. The number of piperazine rings is 1. The number of anilines is 1. The molecular formula is C25H29F4N5O2. The summed E-state index contributed by atoms with van der Waals surface area (Å²) >= 11 is 0. The third-order valence-corrected chi connectivity index (χ3v) is 7.41. The number of ether oxygens (including phenoxy) is 1. The average Bonchev–Trinajstić information content (AvgIpc) is 2.76. The van der Waals surface area contributed by atoms with Crippen molar-refractivity contribution in [3.63, 3.8) is 0 Å². The van der Waals surface area contributed by atoms with E-state index in [4.69, 9.17) is 4.74 Å². The van der Waals surface area contributed by atoms with Gasteiger partial charge in [0.2, 0.25) is 0 Å². The molecule has 2 aromatic rings. The van der Waals surface area contributed by atoms with Crippen LogP contribution in [0.4, 0.5) is 28.2 Å². The summed E-state index contributed by atoms with van der Waals surface area (Å²) in [5.74, 6) is 0.117. The van der Waals surface area contributed by atoms with Crippen LogP contribution in [0.3, 0.4) is 0 Å². The number of hydrogen-bond acceptors (Lipinski definition) is 6. The molecule has 0 N–H and O–H groups in total. The van der Waals surface area contributed by atoms with Gasteiger partial charge < -0.3 is 9.64 Å². The Balaban J connectivity index is 1.09. The van der Waals surface area contributed by atoms with Crippen LogP contribution in [0.15, 0.2) is 36.7 Å². The maximum Gasteiger partial charge on any atom is 0.434 e. The summed E-state index contributed by atoms with van der Waals surface area (Å²) in [6, 6.07) is 6.16. The van der Waals surface area contributed by atoms with Gasteiger partial charge in [-0.2, -0.15) is 13.2 Å². The van der Waals surface area contributed by atoms with Crippen LogP contribution < -0.4 is 4.90 Å². The Labute approximate surface area is 207 Å². The van der Waals surface area contributed by atoms with Gasteiger partial charge in [0.15, 0.2) is 5.69 Å². The molecule has 7 nitrogen and oxygen atoms in total. The first-order valence-corrected chi connectivity index (χ1v) is 12.1. The van der Waals surface area contributed by atoms with Crippen LogP contribution in [0.1, 0.15) is 37.9 Å². The van der Waals surface area contributed by atoms with Gasteiger partial charge in [0, 0.05) is 38.1 Å². The standard InChI is InChI=1S/C25H29F4N5O2/c1-16-11-33(22-10-30-21(9-31-22)25(27,28)29)12-17(2)34(16)23(35)36-20-7-24(8-20)14-32(15-24)13-18-3-5-19(26)6-4-18/h3-6,9-10,16-17,20H,7-8,11-15H2,1-2H3/t16-,17-/m1/s1. The third-order valence-electron chi connectivity index (χ3n) is 7.41. The van der Waals surface area contributed by atoms with E-state index < -0.39 is 11.9 Å². The summed E-state index contributed by atoms with van der Waals surface area (Å²) in [4.78, 5) is 26.3. The number of hydrogen-bond donors (Lipinski definition) is 0. The molecule has 1 saturated carbocycles. The SMILES string of the molecule is C[C@@H]1CN(c2cnc(C(F)(F)F)cn2)C[C@@H](C)N1C(=O)OC1CC2(C1)CN(Cc1ccc(F)cc1)C2. The number of carbonyl (C=O) groups is 1. The molecule has 5 rings (SSSR count). The first-order valence-electron chi connectivity index (χ1n) is 12.1. The Morgan fingerprint density at radius 2 is 1.69 bits per heavy atom. The molecule has 1 aromatic heterocycles. The van der Waals surface area contributed by atoms with E-state index in [2.05, 4.69) is 14.9 Å². The van der Waals surface area contributed by atoms with Crippen LogP contribution in [-0.2, 0) is 17.5 Å². The lowest BCUT2D eigenvalue weighted by Crippen LogP contribution is -2.65. The maximum atomic E-state index is 13.1. The van der Waals surface area contributed by atoms with Crippen LogP contribution in [0.5, 0.6) is 0 Å². The Morgan fingerprint density at radius 3 is 2.25 bits per heavy atom. The minimum atomic E-state index is -4.53. The second kappa shape index (κ2) is 9.17. The van der Waals surface area contributed by atoms with E-state index in [0.717, 1.165) is 50.4 Å². The van der Waals surface area contributed by atoms with Crippen molar-refractivity contribution in [2.24, 2.45) is 5.41 Å². The molecule has 1 aliphatic carbocycles. The topological polar surface area (TPSA) is 61.8 Å². The number of likely N-dealkylation sites (tertiary alicyclic amines) is 1. The summed E-state index contributed by atoms with van der Waals surface area (Å²) in [6.45, 7) is 7.30. The normalized spacial score (nSPS) is 24.4. The minimum absolute atomic E-state index is 0.108. The fourth-order valence-electron chi connectivity index (χ4n) is 5.81. The van der Waals surface area contributed by atoms with E-state index >= 15 is 0 Å². The molecule has 0 bridgehead atoms. The average molecular weight is 508 g/mol. The number of nitrogens with zero attached hydrogens (tertiary/aromatic N) is 5. The molecule has 36 heavy (non-hydrogen) atoms. The van der Waals surface area contributed by atoms with E-state index in [1.165, 1.54) is 12.1 Å². The van der Waals surface area contributed by atoms with Gasteiger partial charge in [0.1, 0.15) is 17.7 Å². The molecule has 0 radical (unpaired) electrons. The van der Waals surface area contributed by atoms with Crippen molar-refractivity contribution in [1.29, 1.82) is 0 Å². The molecule has 194 valence electrons. The van der Waals surface area contributed by atoms with Crippen molar-refractivity contribution in [2.45, 2.75) is 57.6 Å². The maximum absolute atomic E-state index is 13.1. The van der Waals surface area contributed by atoms with Crippen molar-refractivity contribution < 1.29 is 27.1 Å². The molecule has 3 fully saturated rings. The van der Waals surface area contributed by atoms with Crippen LogP contribution in [0, 0.1) is 11.2 Å². The molecule has 2 atom stereocenters. The summed E-state index contributed by atoms with van der Waals surface area (Å²) < 4.78 is 57.2. The van der Waals surface area contributed by atoms with Crippen LogP contribution in [0.25, 0.3) is 0 Å². The number of aromatic nitrogens is 2. The molecule has 3 heterocycles. The molecule has 11 heteroatoms. The molecular weight excluding hydrogens is 478 g/mol. The van der Waals surface area contributed by atoms with Crippen molar-refractivity contribution in [3.05, 3.63) is 53.7 Å². The minimum Gasteiger partial charge on any atom is -0.446 e. The Hall–Kier alpha value is -2.95. The summed E-state index contributed by atoms with van der Waals surface area (Å²) in [7, 11) is 0. The van der Waals surface area contributed by atoms with E-state index in [-0.39, 0.29) is 35.5 Å². The molecule has 1 amide bonds. The van der Waals surface area contributed by atoms with Gasteiger partial charge >= 0.3 is 12.3 Å². The van der Waals surface area contributed by atoms with Crippen LogP contribution in [-0.4, -0.2) is 70.2 Å². The highest BCUT2D eigenvalue weighted by Gasteiger charge is 2.54. The number of halogens is 4. The van der Waals surface area contributed by atoms with Gasteiger partial charge in [-0.3, -0.25) is 9.80 Å².